The number of hydrogen-bond donors (Lipinski definition) is 8. The van der Waals surface area contributed by atoms with Crippen LogP contribution in [0.2, 0.25) is 0 Å². The van der Waals surface area contributed by atoms with Gasteiger partial charge in [0.25, 0.3) is 0 Å². The highest BCUT2D eigenvalue weighted by Crippen LogP contribution is 2.26. The Morgan fingerprint density at radius 3 is 1.42 bits per heavy atom. The molecule has 0 radical (unpaired) electrons. The van der Waals surface area contributed by atoms with Crippen LogP contribution in [0.25, 0.3) is 0 Å². The van der Waals surface area contributed by atoms with Crippen LogP contribution in [0.1, 0.15) is 50.2 Å². The van der Waals surface area contributed by atoms with Gasteiger partial charge in [0.15, 0.2) is 33.1 Å². The molecule has 18 nitrogen and oxygen atoms in total. The van der Waals surface area contributed by atoms with E-state index < -0.39 is 35.0 Å². The minimum absolute atomic E-state index is 0.0447. The maximum absolute atomic E-state index is 13.4. The number of thioether (sulfide) groups is 2. The summed E-state index contributed by atoms with van der Waals surface area (Å²) < 4.78 is 36.0. The summed E-state index contributed by atoms with van der Waals surface area (Å²) in [4.78, 5) is 8.11. The summed E-state index contributed by atoms with van der Waals surface area (Å²) >= 11 is 2.06. The minimum atomic E-state index is -1.31. The lowest BCUT2D eigenvalue weighted by atomic mass is 10.0. The normalized spacial score (nSPS) is 13.3. The van der Waals surface area contributed by atoms with Gasteiger partial charge < -0.3 is 20.4 Å². The average molecular weight is 763 g/mol. The molecule has 2 heterocycles. The van der Waals surface area contributed by atoms with Crippen molar-refractivity contribution < 1.29 is 48.9 Å². The molecule has 2 atom stereocenters. The molecular formula is C30H32F2N10O8S2. The SMILES string of the molecule is CC(C)(O)[C@@H](O)CSc1nonc1C(=Nc1ccc(F)c(C#N)c1)NO.CC(C)(O)[C@H](O)CSc1nonc1C(=Nc1ccc(F)c(C#N)c1)NO. The third-order valence-corrected chi connectivity index (χ3v) is 8.63. The summed E-state index contributed by atoms with van der Waals surface area (Å²) in [5.74, 6) is -1.52. The number of rotatable bonds is 12. The summed E-state index contributed by atoms with van der Waals surface area (Å²) in [6, 6.07) is 10.5. The van der Waals surface area contributed by atoms with Crippen molar-refractivity contribution in [1.29, 1.82) is 10.5 Å². The molecule has 0 aliphatic rings. The van der Waals surface area contributed by atoms with E-state index in [0.29, 0.717) is 0 Å². The lowest BCUT2D eigenvalue weighted by Gasteiger charge is -2.23. The molecule has 22 heteroatoms. The summed E-state index contributed by atoms with van der Waals surface area (Å²) in [5.41, 5.74) is 1.14. The van der Waals surface area contributed by atoms with Gasteiger partial charge in [-0.25, -0.2) is 28.0 Å². The second kappa shape index (κ2) is 18.5. The fraction of sp³-hybridized carbons (Fsp3) is 0.333. The molecule has 8 N–H and O–H groups in total. The molecule has 0 bridgehead atoms. The smallest absolute Gasteiger partial charge is 0.186 e. The third-order valence-electron chi connectivity index (χ3n) is 6.59. The van der Waals surface area contributed by atoms with Crippen molar-refractivity contribution in [3.05, 3.63) is 70.5 Å². The van der Waals surface area contributed by atoms with Crippen molar-refractivity contribution in [3.8, 4) is 12.1 Å². The molecule has 52 heavy (non-hydrogen) atoms. The highest BCUT2D eigenvalue weighted by atomic mass is 32.2. The van der Waals surface area contributed by atoms with E-state index in [1.165, 1.54) is 52.0 Å². The van der Waals surface area contributed by atoms with Crippen molar-refractivity contribution in [1.82, 2.24) is 31.6 Å². The van der Waals surface area contributed by atoms with Crippen LogP contribution >= 0.6 is 23.5 Å². The number of benzene rings is 2. The van der Waals surface area contributed by atoms with Gasteiger partial charge in [0.1, 0.15) is 23.8 Å². The van der Waals surface area contributed by atoms with E-state index >= 15 is 0 Å². The van der Waals surface area contributed by atoms with Gasteiger partial charge in [-0.2, -0.15) is 10.5 Å². The largest absolute Gasteiger partial charge is 0.389 e. The fourth-order valence-electron chi connectivity index (χ4n) is 3.42. The Morgan fingerprint density at radius 2 is 1.12 bits per heavy atom. The van der Waals surface area contributed by atoms with Crippen LogP contribution in [0.5, 0.6) is 0 Å². The molecule has 4 rings (SSSR count). The van der Waals surface area contributed by atoms with E-state index in [1.807, 2.05) is 11.0 Å². The number of aliphatic hydroxyl groups is 4. The number of halogens is 2. The van der Waals surface area contributed by atoms with E-state index in [0.717, 1.165) is 35.7 Å². The Balaban J connectivity index is 0.000000280. The molecule has 0 aliphatic heterocycles. The van der Waals surface area contributed by atoms with E-state index in [4.69, 9.17) is 10.5 Å². The van der Waals surface area contributed by atoms with Crippen molar-refractivity contribution >= 4 is 46.6 Å². The van der Waals surface area contributed by atoms with Crippen LogP contribution in [0.4, 0.5) is 20.2 Å². The maximum Gasteiger partial charge on any atom is 0.186 e. The van der Waals surface area contributed by atoms with Gasteiger partial charge in [0, 0.05) is 11.5 Å². The van der Waals surface area contributed by atoms with E-state index in [2.05, 4.69) is 39.9 Å². The molecule has 0 amide bonds. The van der Waals surface area contributed by atoms with Crippen LogP contribution in [-0.4, -0.2) is 98.1 Å². The Hall–Kier alpha value is -5.04. The Labute approximate surface area is 302 Å². The lowest BCUT2D eigenvalue weighted by molar-refractivity contribution is -0.0350. The molecule has 0 saturated carbocycles. The monoisotopic (exact) mass is 762 g/mol. The van der Waals surface area contributed by atoms with Gasteiger partial charge >= 0.3 is 0 Å². The predicted octanol–water partition coefficient (Wildman–Crippen LogP) is 2.72. The van der Waals surface area contributed by atoms with Gasteiger partial charge in [-0.05, 0) is 84.7 Å². The Kier molecular flexibility index (Phi) is 14.7. The maximum atomic E-state index is 13.4. The summed E-state index contributed by atoms with van der Waals surface area (Å²) in [6.07, 6.45) is -2.09. The van der Waals surface area contributed by atoms with Crippen LogP contribution in [0.3, 0.4) is 0 Å². The molecule has 4 aromatic rings. The van der Waals surface area contributed by atoms with Gasteiger partial charge in [0.2, 0.25) is 0 Å². The number of hydroxylamine groups is 2. The van der Waals surface area contributed by atoms with Crippen molar-refractivity contribution in [3.63, 3.8) is 0 Å². The van der Waals surface area contributed by atoms with E-state index in [-0.39, 0.29) is 67.1 Å². The molecule has 0 spiro atoms. The molecule has 276 valence electrons. The first-order chi connectivity index (χ1) is 24.5. The molecule has 2 aromatic carbocycles. The number of aliphatic hydroxyl groups excluding tert-OH is 2. The number of nitrogens with zero attached hydrogens (tertiary/aromatic N) is 8. The van der Waals surface area contributed by atoms with E-state index in [1.54, 1.807) is 12.1 Å². The van der Waals surface area contributed by atoms with Crippen LogP contribution in [0, 0.1) is 34.3 Å². The van der Waals surface area contributed by atoms with Crippen molar-refractivity contribution in [2.24, 2.45) is 9.98 Å². The van der Waals surface area contributed by atoms with Gasteiger partial charge in [-0.3, -0.25) is 21.4 Å². The predicted molar refractivity (Wildman–Crippen MR) is 179 cm³/mol. The summed E-state index contributed by atoms with van der Waals surface area (Å²) in [6.45, 7) is 5.85. The van der Waals surface area contributed by atoms with Crippen LogP contribution < -0.4 is 11.0 Å². The van der Waals surface area contributed by atoms with Gasteiger partial charge in [-0.1, -0.05) is 23.5 Å². The second-order valence-electron chi connectivity index (χ2n) is 11.5. The second-order valence-corrected chi connectivity index (χ2v) is 13.5. The van der Waals surface area contributed by atoms with Gasteiger partial charge in [0.05, 0.1) is 45.9 Å². The lowest BCUT2D eigenvalue weighted by Crippen LogP contribution is -2.37. The highest BCUT2D eigenvalue weighted by molar-refractivity contribution is 7.99. The molecule has 2 aromatic heterocycles. The first kappa shape index (κ1) is 41.4. The summed E-state index contributed by atoms with van der Waals surface area (Å²) in [7, 11) is 0. The first-order valence-electron chi connectivity index (χ1n) is 14.6. The minimum Gasteiger partial charge on any atom is -0.389 e. The number of amidine groups is 2. The topological polar surface area (TPSA) is 296 Å². The third kappa shape index (κ3) is 11.5. The average Bonchev–Trinajstić information content (AvgIpc) is 3.78. The van der Waals surface area contributed by atoms with Crippen LogP contribution in [-0.2, 0) is 0 Å². The van der Waals surface area contributed by atoms with Gasteiger partial charge in [-0.15, -0.1) is 0 Å². The zero-order chi connectivity index (χ0) is 38.6. The molecule has 0 saturated heterocycles. The molecule has 0 aliphatic carbocycles. The first-order valence-corrected chi connectivity index (χ1v) is 16.6. The zero-order valence-electron chi connectivity index (χ0n) is 27.7. The van der Waals surface area contributed by atoms with E-state index in [9.17, 15) is 39.6 Å². The quantitative estimate of drug-likeness (QED) is 0.0445. The van der Waals surface area contributed by atoms with Crippen molar-refractivity contribution in [2.75, 3.05) is 11.5 Å². The zero-order valence-corrected chi connectivity index (χ0v) is 29.3. The molecule has 0 fully saturated rings. The standard InChI is InChI=1S/2C15H16FN5O4S/c2*1-15(2,23)11(22)7-26-14-12(20-25-21-14)13(19-24)18-9-3-4-10(16)8(5-9)6-17/h2*3-5,11,22-24H,7H2,1-2H3,(H,18,19)/t2*11-/m10/s1. The highest BCUT2D eigenvalue weighted by Gasteiger charge is 2.28. The number of hydrogen-bond acceptors (Lipinski definition) is 18. The summed E-state index contributed by atoms with van der Waals surface area (Å²) in [5, 5.41) is 90.7. The molecule has 0 unspecified atom stereocenters. The number of aromatic nitrogens is 4. The molecular weight excluding hydrogens is 731 g/mol. The Bertz CT molecular complexity index is 1830. The number of aliphatic imine (C=N–C) groups is 2. The van der Waals surface area contributed by atoms with Crippen molar-refractivity contribution in [2.45, 2.75) is 61.2 Å². The number of nitriles is 2. The Morgan fingerprint density at radius 1 is 0.750 bits per heavy atom. The van der Waals surface area contributed by atoms with Crippen LogP contribution in [0.15, 0.2) is 65.7 Å². The number of nitrogens with one attached hydrogen (secondary N) is 2. The fourth-order valence-corrected chi connectivity index (χ4v) is 5.58.